The lowest BCUT2D eigenvalue weighted by atomic mass is 10.1. The van der Waals surface area contributed by atoms with Crippen LogP contribution in [0.3, 0.4) is 0 Å². The summed E-state index contributed by atoms with van der Waals surface area (Å²) in [5.74, 6) is -0.869. The zero-order valence-corrected chi connectivity index (χ0v) is 26.5. The number of aliphatic hydroxyl groups is 1. The Morgan fingerprint density at radius 2 is 1.05 bits per heavy atom. The number of carbonyl (C=O) groups excluding carboxylic acids is 2. The lowest BCUT2D eigenvalue weighted by Gasteiger charge is -2.20. The van der Waals surface area contributed by atoms with Crippen LogP contribution in [0.2, 0.25) is 0 Å². The number of aliphatic hydroxyl groups excluding tert-OH is 1. The van der Waals surface area contributed by atoms with E-state index in [1.54, 1.807) is 6.92 Å². The molecule has 0 fully saturated rings. The summed E-state index contributed by atoms with van der Waals surface area (Å²) in [5.41, 5.74) is 0. The molecule has 0 aromatic rings. The van der Waals surface area contributed by atoms with Crippen LogP contribution in [0.4, 0.5) is 0 Å². The normalized spacial score (nSPS) is 14.4. The number of carbonyl (C=O) groups is 2. The number of ether oxygens (including phenoxy) is 2. The molecule has 40 heavy (non-hydrogen) atoms. The van der Waals surface area contributed by atoms with Crippen molar-refractivity contribution < 1.29 is 42.7 Å². The second kappa shape index (κ2) is 26.9. The molecule has 3 atom stereocenters. The van der Waals surface area contributed by atoms with Gasteiger partial charge in [-0.15, -0.1) is 0 Å². The number of hydrogen-bond donors (Lipinski definition) is 2. The first kappa shape index (κ1) is 39.0. The highest BCUT2D eigenvalue weighted by Gasteiger charge is 2.27. The van der Waals surface area contributed by atoms with Gasteiger partial charge in [0.25, 0.3) is 0 Å². The van der Waals surface area contributed by atoms with Gasteiger partial charge in [0.2, 0.25) is 0 Å². The van der Waals surface area contributed by atoms with Gasteiger partial charge < -0.3 is 19.5 Å². The molecular formula is C30H59O9P. The molecule has 0 amide bonds. The third kappa shape index (κ3) is 25.9. The molecule has 0 aliphatic rings. The Kier molecular flexibility index (Phi) is 26.2. The maximum Gasteiger partial charge on any atom is 0.472 e. The molecule has 0 radical (unpaired) electrons. The molecule has 0 aromatic carbocycles. The van der Waals surface area contributed by atoms with Gasteiger partial charge in [0.15, 0.2) is 6.10 Å². The smallest absolute Gasteiger partial charge is 0.462 e. The van der Waals surface area contributed by atoms with Gasteiger partial charge >= 0.3 is 19.8 Å². The number of phosphoric ester groups is 1. The van der Waals surface area contributed by atoms with Crippen molar-refractivity contribution >= 4 is 19.8 Å². The van der Waals surface area contributed by atoms with E-state index in [1.165, 1.54) is 64.2 Å². The number of rotatable bonds is 29. The molecule has 2 unspecified atom stereocenters. The van der Waals surface area contributed by atoms with Crippen LogP contribution in [0, 0.1) is 0 Å². The quantitative estimate of drug-likeness (QED) is 0.0506. The average molecular weight is 595 g/mol. The van der Waals surface area contributed by atoms with Crippen LogP contribution >= 0.6 is 7.82 Å². The van der Waals surface area contributed by atoms with E-state index < -0.39 is 38.6 Å². The largest absolute Gasteiger partial charge is 0.472 e. The van der Waals surface area contributed by atoms with E-state index in [1.807, 2.05) is 0 Å². The molecule has 10 heteroatoms. The van der Waals surface area contributed by atoms with Gasteiger partial charge in [-0.2, -0.15) is 0 Å². The molecule has 0 bridgehead atoms. The Labute approximate surface area is 243 Å². The van der Waals surface area contributed by atoms with E-state index in [0.29, 0.717) is 12.8 Å². The number of phosphoric acid groups is 1. The van der Waals surface area contributed by atoms with E-state index in [-0.39, 0.29) is 26.1 Å². The molecule has 0 rings (SSSR count). The SMILES string of the molecule is CCCCCCCCCCCC(=O)OC[C@H](COP(=O)(O)OCC(O)CC)OC(=O)CCCCCCCCCC. The molecule has 9 nitrogen and oxygen atoms in total. The van der Waals surface area contributed by atoms with Crippen molar-refractivity contribution in [1.29, 1.82) is 0 Å². The highest BCUT2D eigenvalue weighted by Crippen LogP contribution is 2.43. The van der Waals surface area contributed by atoms with Gasteiger partial charge in [0, 0.05) is 12.8 Å². The van der Waals surface area contributed by atoms with E-state index in [2.05, 4.69) is 13.8 Å². The van der Waals surface area contributed by atoms with E-state index >= 15 is 0 Å². The number of hydrogen-bond acceptors (Lipinski definition) is 8. The van der Waals surface area contributed by atoms with Gasteiger partial charge in [-0.1, -0.05) is 117 Å². The summed E-state index contributed by atoms with van der Waals surface area (Å²) in [7, 11) is -4.48. The predicted octanol–water partition coefficient (Wildman–Crippen LogP) is 7.80. The number of esters is 2. The summed E-state index contributed by atoms with van der Waals surface area (Å²) < 4.78 is 32.6. The van der Waals surface area contributed by atoms with E-state index in [0.717, 1.165) is 38.5 Å². The molecule has 0 saturated carbocycles. The fraction of sp³-hybridized carbons (Fsp3) is 0.933. The van der Waals surface area contributed by atoms with Gasteiger partial charge in [-0.05, 0) is 19.3 Å². The monoisotopic (exact) mass is 594 g/mol. The Bertz CT molecular complexity index is 659. The summed E-state index contributed by atoms with van der Waals surface area (Å²) in [6.45, 7) is 5.01. The first-order valence-electron chi connectivity index (χ1n) is 15.9. The minimum absolute atomic E-state index is 0.216. The van der Waals surface area contributed by atoms with Crippen LogP contribution in [0.15, 0.2) is 0 Å². The summed E-state index contributed by atoms with van der Waals surface area (Å²) in [4.78, 5) is 34.5. The van der Waals surface area contributed by atoms with Crippen molar-refractivity contribution in [3.05, 3.63) is 0 Å². The zero-order chi connectivity index (χ0) is 29.9. The average Bonchev–Trinajstić information content (AvgIpc) is 2.93. The standard InChI is InChI=1S/C30H59O9P/c1-4-7-9-11-13-15-17-18-20-22-29(32)36-25-28(26-38-40(34,35)37-24-27(31)6-3)39-30(33)23-21-19-16-14-12-10-8-5-2/h27-28,31H,4-26H2,1-3H3,(H,34,35)/t27?,28-/m1/s1. The lowest BCUT2D eigenvalue weighted by molar-refractivity contribution is -0.161. The molecule has 2 N–H and O–H groups in total. The van der Waals surface area contributed by atoms with Gasteiger partial charge in [-0.25, -0.2) is 4.57 Å². The first-order valence-corrected chi connectivity index (χ1v) is 17.4. The second-order valence-electron chi connectivity index (χ2n) is 10.7. The van der Waals surface area contributed by atoms with E-state index in [4.69, 9.17) is 18.5 Å². The number of unbranched alkanes of at least 4 members (excludes halogenated alkanes) is 15. The van der Waals surface area contributed by atoms with E-state index in [9.17, 15) is 24.2 Å². The fourth-order valence-electron chi connectivity index (χ4n) is 4.11. The molecule has 0 saturated heterocycles. The van der Waals surface area contributed by atoms with Crippen molar-refractivity contribution in [2.45, 2.75) is 161 Å². The zero-order valence-electron chi connectivity index (χ0n) is 25.6. The molecule has 0 spiro atoms. The topological polar surface area (TPSA) is 129 Å². The Hall–Kier alpha value is -0.990. The predicted molar refractivity (Wildman–Crippen MR) is 158 cm³/mol. The Balaban J connectivity index is 4.48. The van der Waals surface area contributed by atoms with Gasteiger partial charge in [0.05, 0.1) is 19.3 Å². The van der Waals surface area contributed by atoms with Crippen molar-refractivity contribution in [3.8, 4) is 0 Å². The molecule has 0 aliphatic heterocycles. The molecule has 0 heterocycles. The summed E-state index contributed by atoms with van der Waals surface area (Å²) in [6, 6.07) is 0. The third-order valence-electron chi connectivity index (χ3n) is 6.77. The van der Waals surface area contributed by atoms with Crippen molar-refractivity contribution in [2.24, 2.45) is 0 Å². The summed E-state index contributed by atoms with van der Waals surface area (Å²) in [5, 5.41) is 9.56. The third-order valence-corrected chi connectivity index (χ3v) is 7.72. The van der Waals surface area contributed by atoms with Crippen LogP contribution in [0.25, 0.3) is 0 Å². The summed E-state index contributed by atoms with van der Waals surface area (Å²) >= 11 is 0. The van der Waals surface area contributed by atoms with Gasteiger partial charge in [0.1, 0.15) is 6.61 Å². The molecular weight excluding hydrogens is 535 g/mol. The maximum atomic E-state index is 12.4. The summed E-state index contributed by atoms with van der Waals surface area (Å²) in [6.07, 6.45) is 17.9. The molecule has 238 valence electrons. The minimum Gasteiger partial charge on any atom is -0.462 e. The lowest BCUT2D eigenvalue weighted by Crippen LogP contribution is -2.29. The molecule has 0 aliphatic carbocycles. The van der Waals surface area contributed by atoms with Gasteiger partial charge in [-0.3, -0.25) is 18.6 Å². The highest BCUT2D eigenvalue weighted by molar-refractivity contribution is 7.47. The second-order valence-corrected chi connectivity index (χ2v) is 12.2. The van der Waals surface area contributed by atoms with Crippen LogP contribution in [-0.2, 0) is 32.7 Å². The Morgan fingerprint density at radius 3 is 1.52 bits per heavy atom. The van der Waals surface area contributed by atoms with Crippen molar-refractivity contribution in [3.63, 3.8) is 0 Å². The minimum atomic E-state index is -4.48. The van der Waals surface area contributed by atoms with Crippen LogP contribution < -0.4 is 0 Å². The first-order chi connectivity index (χ1) is 19.2. The van der Waals surface area contributed by atoms with Crippen molar-refractivity contribution in [2.75, 3.05) is 19.8 Å². The van der Waals surface area contributed by atoms with Crippen LogP contribution in [0.5, 0.6) is 0 Å². The Morgan fingerprint density at radius 1 is 0.625 bits per heavy atom. The maximum absolute atomic E-state index is 12.4. The highest BCUT2D eigenvalue weighted by atomic mass is 31.2. The van der Waals surface area contributed by atoms with Crippen molar-refractivity contribution in [1.82, 2.24) is 0 Å². The molecule has 0 aromatic heterocycles. The van der Waals surface area contributed by atoms with Crippen LogP contribution in [0.1, 0.15) is 149 Å². The van der Waals surface area contributed by atoms with Crippen LogP contribution in [-0.4, -0.2) is 54.0 Å². The fourth-order valence-corrected chi connectivity index (χ4v) is 4.90.